The Labute approximate surface area is 194 Å². The molecule has 0 spiro atoms. The van der Waals surface area contributed by atoms with E-state index in [0.717, 1.165) is 28.3 Å². The number of hydrogen-bond donors (Lipinski definition) is 2. The highest BCUT2D eigenvalue weighted by atomic mass is 35.5. The second kappa shape index (κ2) is 9.50. The molecule has 1 aliphatic carbocycles. The maximum Gasteiger partial charge on any atom is 0.407 e. The molecule has 0 radical (unpaired) electrons. The van der Waals surface area contributed by atoms with Crippen LogP contribution in [0, 0.1) is 5.82 Å². The topological polar surface area (TPSA) is 84.9 Å². The summed E-state index contributed by atoms with van der Waals surface area (Å²) in [6, 6.07) is 17.0. The molecule has 170 valence electrons. The van der Waals surface area contributed by atoms with E-state index in [0.29, 0.717) is 5.56 Å². The molecule has 0 aromatic heterocycles. The number of alkyl carbamates (subject to hydrolysis) is 1. The Morgan fingerprint density at radius 2 is 1.70 bits per heavy atom. The number of carboxylic acid groups (broad SMARTS) is 1. The highest BCUT2D eigenvalue weighted by molar-refractivity contribution is 6.32. The van der Waals surface area contributed by atoms with Gasteiger partial charge >= 0.3 is 12.1 Å². The zero-order valence-electron chi connectivity index (χ0n) is 17.7. The van der Waals surface area contributed by atoms with Crippen LogP contribution >= 0.6 is 11.6 Å². The Kier molecular flexibility index (Phi) is 6.51. The lowest BCUT2D eigenvalue weighted by Gasteiger charge is -2.18. The van der Waals surface area contributed by atoms with Gasteiger partial charge in [0.25, 0.3) is 0 Å². The summed E-state index contributed by atoms with van der Waals surface area (Å²) in [7, 11) is 1.28. The molecule has 1 unspecified atom stereocenters. The molecule has 1 atom stereocenters. The van der Waals surface area contributed by atoms with Crippen molar-refractivity contribution in [3.8, 4) is 16.9 Å². The summed E-state index contributed by atoms with van der Waals surface area (Å²) in [5.74, 6) is -2.28. The molecule has 0 saturated heterocycles. The van der Waals surface area contributed by atoms with Crippen LogP contribution in [0.3, 0.4) is 0 Å². The van der Waals surface area contributed by atoms with Crippen LogP contribution < -0.4 is 10.1 Å². The maximum absolute atomic E-state index is 14.1. The average Bonchev–Trinajstić information content (AvgIpc) is 3.11. The lowest BCUT2D eigenvalue weighted by Crippen LogP contribution is -2.43. The standard InChI is InChI=1S/C25H21ClFNO5/c1-32-23-20(26)10-14(11-21(23)27)12-22(24(29)30)28-25(31)33-13-19-17-8-4-2-6-15(17)16-7-3-5-9-18(16)19/h2-11,19,22H,12-13H2,1H3,(H,28,31)(H,29,30). The van der Waals surface area contributed by atoms with Crippen molar-refractivity contribution in [1.82, 2.24) is 5.32 Å². The maximum atomic E-state index is 14.1. The molecular formula is C25H21ClFNO5. The first-order valence-corrected chi connectivity index (χ1v) is 10.6. The van der Waals surface area contributed by atoms with Gasteiger partial charge in [0.1, 0.15) is 12.6 Å². The summed E-state index contributed by atoms with van der Waals surface area (Å²) >= 11 is 5.98. The highest BCUT2D eigenvalue weighted by Gasteiger charge is 2.30. The number of aliphatic carboxylic acids is 1. The first-order chi connectivity index (χ1) is 15.9. The Balaban J connectivity index is 1.44. The van der Waals surface area contributed by atoms with E-state index in [1.54, 1.807) is 0 Å². The predicted octanol–water partition coefficient (Wildman–Crippen LogP) is 5.02. The Morgan fingerprint density at radius 3 is 2.24 bits per heavy atom. The minimum absolute atomic E-state index is 0.0118. The van der Waals surface area contributed by atoms with Gasteiger partial charge in [0, 0.05) is 12.3 Å². The van der Waals surface area contributed by atoms with Crippen molar-refractivity contribution in [2.45, 2.75) is 18.4 Å². The van der Waals surface area contributed by atoms with Crippen LogP contribution in [0.1, 0.15) is 22.6 Å². The number of halogens is 2. The minimum atomic E-state index is -1.33. The largest absolute Gasteiger partial charge is 0.492 e. The number of benzene rings is 3. The third kappa shape index (κ3) is 4.64. The Hall–Kier alpha value is -3.58. The van der Waals surface area contributed by atoms with Crippen molar-refractivity contribution < 1.29 is 28.6 Å². The number of hydrogen-bond acceptors (Lipinski definition) is 4. The average molecular weight is 470 g/mol. The van der Waals surface area contributed by atoms with Crippen LogP contribution in [0.25, 0.3) is 11.1 Å². The minimum Gasteiger partial charge on any atom is -0.492 e. The first-order valence-electron chi connectivity index (χ1n) is 10.2. The fourth-order valence-corrected chi connectivity index (χ4v) is 4.45. The van der Waals surface area contributed by atoms with Crippen LogP contribution in [-0.4, -0.2) is 36.9 Å². The Morgan fingerprint density at radius 1 is 1.09 bits per heavy atom. The van der Waals surface area contributed by atoms with E-state index in [9.17, 15) is 19.1 Å². The molecule has 2 N–H and O–H groups in total. The molecule has 0 bridgehead atoms. The number of nitrogens with one attached hydrogen (secondary N) is 1. The summed E-state index contributed by atoms with van der Waals surface area (Å²) in [4.78, 5) is 24.1. The SMILES string of the molecule is COc1c(F)cc(CC(NC(=O)OCC2c3ccccc3-c3ccccc32)C(=O)O)cc1Cl. The fourth-order valence-electron chi connectivity index (χ4n) is 4.14. The summed E-state index contributed by atoms with van der Waals surface area (Å²) in [6.45, 7) is 0.0508. The second-order valence-corrected chi connectivity index (χ2v) is 8.06. The quantitative estimate of drug-likeness (QED) is 0.507. The third-order valence-electron chi connectivity index (χ3n) is 5.64. The van der Waals surface area contributed by atoms with Gasteiger partial charge in [-0.2, -0.15) is 0 Å². The van der Waals surface area contributed by atoms with Gasteiger partial charge in [-0.1, -0.05) is 60.1 Å². The van der Waals surface area contributed by atoms with Crippen LogP contribution in [0.2, 0.25) is 5.02 Å². The van der Waals surface area contributed by atoms with Gasteiger partial charge in [0.05, 0.1) is 12.1 Å². The molecule has 8 heteroatoms. The molecule has 3 aromatic carbocycles. The smallest absolute Gasteiger partial charge is 0.407 e. The number of carboxylic acids is 1. The number of carbonyl (C=O) groups excluding carboxylic acids is 1. The summed E-state index contributed by atoms with van der Waals surface area (Å²) < 4.78 is 24.4. The lowest BCUT2D eigenvalue weighted by atomic mass is 9.98. The van der Waals surface area contributed by atoms with Gasteiger partial charge in [-0.3, -0.25) is 0 Å². The number of ether oxygens (including phenoxy) is 2. The van der Waals surface area contributed by atoms with Crippen molar-refractivity contribution >= 4 is 23.7 Å². The van der Waals surface area contributed by atoms with E-state index in [-0.39, 0.29) is 29.7 Å². The lowest BCUT2D eigenvalue weighted by molar-refractivity contribution is -0.139. The monoisotopic (exact) mass is 469 g/mol. The molecule has 0 fully saturated rings. The molecule has 1 aliphatic rings. The summed E-state index contributed by atoms with van der Waals surface area (Å²) in [5.41, 5.74) is 4.56. The van der Waals surface area contributed by atoms with Gasteiger partial charge < -0.3 is 19.9 Å². The number of methoxy groups -OCH3 is 1. The fraction of sp³-hybridized carbons (Fsp3) is 0.200. The van der Waals surface area contributed by atoms with Gasteiger partial charge in [-0.25, -0.2) is 14.0 Å². The van der Waals surface area contributed by atoms with Gasteiger partial charge in [0.2, 0.25) is 0 Å². The van der Waals surface area contributed by atoms with E-state index in [1.807, 2.05) is 48.5 Å². The zero-order valence-corrected chi connectivity index (χ0v) is 18.4. The molecule has 1 amide bonds. The van der Waals surface area contributed by atoms with Gasteiger partial charge in [-0.15, -0.1) is 0 Å². The summed E-state index contributed by atoms with van der Waals surface area (Å²) in [5, 5.41) is 11.9. The first kappa shape index (κ1) is 22.6. The van der Waals surface area contributed by atoms with Crippen molar-refractivity contribution in [2.75, 3.05) is 13.7 Å². The molecule has 6 nitrogen and oxygen atoms in total. The van der Waals surface area contributed by atoms with Crippen LogP contribution in [0.4, 0.5) is 9.18 Å². The summed E-state index contributed by atoms with van der Waals surface area (Å²) in [6.07, 6.45) is -1.05. The van der Waals surface area contributed by atoms with E-state index < -0.39 is 23.9 Å². The third-order valence-corrected chi connectivity index (χ3v) is 5.92. The molecule has 4 rings (SSSR count). The van der Waals surface area contributed by atoms with Gasteiger partial charge in [0.15, 0.2) is 11.6 Å². The van der Waals surface area contributed by atoms with Crippen molar-refractivity contribution in [2.24, 2.45) is 0 Å². The second-order valence-electron chi connectivity index (χ2n) is 7.66. The molecular weight excluding hydrogens is 449 g/mol. The number of fused-ring (bicyclic) bond motifs is 3. The van der Waals surface area contributed by atoms with E-state index >= 15 is 0 Å². The highest BCUT2D eigenvalue weighted by Crippen LogP contribution is 2.44. The van der Waals surface area contributed by atoms with Crippen molar-refractivity contribution in [1.29, 1.82) is 0 Å². The molecule has 0 saturated carbocycles. The van der Waals surface area contributed by atoms with Crippen LogP contribution in [0.5, 0.6) is 5.75 Å². The predicted molar refractivity (Wildman–Crippen MR) is 121 cm³/mol. The molecule has 0 aliphatic heterocycles. The number of carbonyl (C=O) groups is 2. The van der Waals surface area contributed by atoms with Crippen molar-refractivity contribution in [3.05, 3.63) is 88.2 Å². The van der Waals surface area contributed by atoms with Gasteiger partial charge in [-0.05, 0) is 39.9 Å². The van der Waals surface area contributed by atoms with Crippen LogP contribution in [-0.2, 0) is 16.0 Å². The molecule has 3 aromatic rings. The normalized spacial score (nSPS) is 13.1. The Bertz CT molecular complexity index is 1150. The van der Waals surface area contributed by atoms with E-state index in [4.69, 9.17) is 21.1 Å². The number of rotatable bonds is 7. The molecule has 33 heavy (non-hydrogen) atoms. The molecule has 0 heterocycles. The van der Waals surface area contributed by atoms with Crippen molar-refractivity contribution in [3.63, 3.8) is 0 Å². The van der Waals surface area contributed by atoms with Crippen LogP contribution in [0.15, 0.2) is 60.7 Å². The van der Waals surface area contributed by atoms with E-state index in [2.05, 4.69) is 5.32 Å². The van der Waals surface area contributed by atoms with E-state index in [1.165, 1.54) is 13.2 Å². The zero-order chi connectivity index (χ0) is 23.5. The number of amides is 1.